The van der Waals surface area contributed by atoms with Crippen LogP contribution in [0.15, 0.2) is 47.9 Å². The van der Waals surface area contributed by atoms with E-state index in [-0.39, 0.29) is 12.5 Å². The van der Waals surface area contributed by atoms with Gasteiger partial charge in [0.15, 0.2) is 5.13 Å². The normalized spacial score (nSPS) is 11.0. The third kappa shape index (κ3) is 5.94. The van der Waals surface area contributed by atoms with Crippen LogP contribution in [-0.2, 0) is 20.9 Å². The van der Waals surface area contributed by atoms with Crippen molar-refractivity contribution < 1.29 is 14.3 Å². The molecule has 1 amide bonds. The van der Waals surface area contributed by atoms with Gasteiger partial charge in [-0.1, -0.05) is 47.0 Å². The molecule has 2 aromatic carbocycles. The molecule has 0 saturated heterocycles. The van der Waals surface area contributed by atoms with Crippen LogP contribution in [-0.4, -0.2) is 16.9 Å². The maximum atomic E-state index is 12.3. The van der Waals surface area contributed by atoms with Crippen LogP contribution < -0.4 is 4.90 Å². The van der Waals surface area contributed by atoms with Crippen LogP contribution in [0.2, 0.25) is 10.0 Å². The molecule has 0 aliphatic heterocycles. The molecule has 0 N–H and O–H groups in total. The summed E-state index contributed by atoms with van der Waals surface area (Å²) in [6.45, 7) is 5.44. The van der Waals surface area contributed by atoms with E-state index in [0.717, 1.165) is 16.8 Å². The van der Waals surface area contributed by atoms with Crippen molar-refractivity contribution in [2.75, 3.05) is 4.90 Å². The highest BCUT2D eigenvalue weighted by Crippen LogP contribution is 2.32. The maximum Gasteiger partial charge on any atom is 0.331 e. The SMILES string of the molecule is CC(=O)N(c1nc(COC(=O)/C=C/c2ccc(Cl)cc2Cl)cs1)c1ccc(C)cc1C. The molecular weight excluding hydrogens is 455 g/mol. The number of hydrogen-bond donors (Lipinski definition) is 0. The van der Waals surface area contributed by atoms with Crippen molar-refractivity contribution in [2.45, 2.75) is 27.4 Å². The highest BCUT2D eigenvalue weighted by Gasteiger charge is 2.20. The first-order chi connectivity index (χ1) is 14.7. The molecule has 1 aromatic heterocycles. The minimum Gasteiger partial charge on any atom is -0.456 e. The van der Waals surface area contributed by atoms with Crippen molar-refractivity contribution in [3.63, 3.8) is 0 Å². The summed E-state index contributed by atoms with van der Waals surface area (Å²) < 4.78 is 5.26. The van der Waals surface area contributed by atoms with E-state index in [4.69, 9.17) is 27.9 Å². The fourth-order valence-corrected chi connectivity index (χ4v) is 4.25. The zero-order chi connectivity index (χ0) is 22.5. The number of thiazole rings is 1. The Morgan fingerprint density at radius 1 is 1.16 bits per heavy atom. The largest absolute Gasteiger partial charge is 0.456 e. The van der Waals surface area contributed by atoms with Crippen molar-refractivity contribution in [2.24, 2.45) is 0 Å². The Morgan fingerprint density at radius 2 is 1.94 bits per heavy atom. The van der Waals surface area contributed by atoms with Crippen LogP contribution in [0.25, 0.3) is 6.08 Å². The van der Waals surface area contributed by atoms with Gasteiger partial charge in [0, 0.05) is 28.4 Å². The minimum atomic E-state index is -0.529. The van der Waals surface area contributed by atoms with E-state index in [2.05, 4.69) is 4.98 Å². The number of aromatic nitrogens is 1. The molecule has 0 bridgehead atoms. The third-order valence-electron chi connectivity index (χ3n) is 4.36. The molecule has 0 saturated carbocycles. The highest BCUT2D eigenvalue weighted by molar-refractivity contribution is 7.14. The standard InChI is InChI=1S/C23H20Cl2N2O3S/c1-14-4-8-21(15(2)10-14)27(16(3)28)23-26-19(13-31-23)12-30-22(29)9-6-17-5-7-18(24)11-20(17)25/h4-11,13H,12H2,1-3H3/b9-6+. The lowest BCUT2D eigenvalue weighted by molar-refractivity contribution is -0.139. The van der Waals surface area contributed by atoms with Crippen LogP contribution in [0, 0.1) is 13.8 Å². The second-order valence-corrected chi connectivity index (χ2v) is 8.55. The lowest BCUT2D eigenvalue weighted by Crippen LogP contribution is -2.23. The summed E-state index contributed by atoms with van der Waals surface area (Å²) in [7, 11) is 0. The molecule has 3 rings (SSSR count). The molecule has 1 heterocycles. The monoisotopic (exact) mass is 474 g/mol. The van der Waals surface area contributed by atoms with Crippen LogP contribution in [0.3, 0.4) is 0 Å². The molecular formula is C23H20Cl2N2O3S. The number of aryl methyl sites for hydroxylation is 2. The van der Waals surface area contributed by atoms with Gasteiger partial charge in [0.05, 0.1) is 11.4 Å². The Kier molecular flexibility index (Phi) is 7.49. The first-order valence-electron chi connectivity index (χ1n) is 9.37. The number of amides is 1. The quantitative estimate of drug-likeness (QED) is 0.301. The second-order valence-electron chi connectivity index (χ2n) is 6.87. The van der Waals surface area contributed by atoms with E-state index < -0.39 is 5.97 Å². The Balaban J connectivity index is 1.67. The number of esters is 1. The van der Waals surface area contributed by atoms with E-state index in [1.54, 1.807) is 34.6 Å². The van der Waals surface area contributed by atoms with Crippen molar-refractivity contribution in [1.82, 2.24) is 4.98 Å². The summed E-state index contributed by atoms with van der Waals surface area (Å²) in [5, 5.41) is 3.25. The number of benzene rings is 2. The van der Waals surface area contributed by atoms with Gasteiger partial charge in [0.2, 0.25) is 5.91 Å². The molecule has 0 aliphatic rings. The molecule has 3 aromatic rings. The summed E-state index contributed by atoms with van der Waals surface area (Å²) in [5.41, 5.74) is 4.08. The van der Waals surface area contributed by atoms with E-state index in [1.165, 1.54) is 24.3 Å². The van der Waals surface area contributed by atoms with Gasteiger partial charge in [-0.15, -0.1) is 11.3 Å². The van der Waals surface area contributed by atoms with Gasteiger partial charge in [-0.3, -0.25) is 9.69 Å². The third-order valence-corrected chi connectivity index (χ3v) is 5.80. The van der Waals surface area contributed by atoms with Crippen molar-refractivity contribution >= 4 is 63.3 Å². The highest BCUT2D eigenvalue weighted by atomic mass is 35.5. The molecule has 0 fully saturated rings. The zero-order valence-corrected chi connectivity index (χ0v) is 19.5. The molecule has 31 heavy (non-hydrogen) atoms. The van der Waals surface area contributed by atoms with E-state index >= 15 is 0 Å². The maximum absolute atomic E-state index is 12.3. The van der Waals surface area contributed by atoms with Gasteiger partial charge in [0.1, 0.15) is 6.61 Å². The molecule has 0 spiro atoms. The van der Waals surface area contributed by atoms with Crippen molar-refractivity contribution in [3.8, 4) is 0 Å². The van der Waals surface area contributed by atoms with Gasteiger partial charge in [-0.2, -0.15) is 0 Å². The first-order valence-corrected chi connectivity index (χ1v) is 11.0. The predicted molar refractivity (Wildman–Crippen MR) is 126 cm³/mol. The fraction of sp³-hybridized carbons (Fsp3) is 0.174. The lowest BCUT2D eigenvalue weighted by atomic mass is 10.1. The van der Waals surface area contributed by atoms with Crippen LogP contribution in [0.5, 0.6) is 0 Å². The first kappa shape index (κ1) is 23.0. The van der Waals surface area contributed by atoms with Crippen LogP contribution in [0.1, 0.15) is 29.3 Å². The van der Waals surface area contributed by atoms with Gasteiger partial charge < -0.3 is 4.74 Å². The van der Waals surface area contributed by atoms with E-state index in [1.807, 2.05) is 32.0 Å². The Morgan fingerprint density at radius 3 is 2.61 bits per heavy atom. The number of nitrogens with zero attached hydrogens (tertiary/aromatic N) is 2. The average Bonchev–Trinajstić information content (AvgIpc) is 3.16. The molecule has 0 atom stereocenters. The Hall–Kier alpha value is -2.67. The number of rotatable bonds is 6. The predicted octanol–water partition coefficient (Wildman–Crippen LogP) is 6.51. The average molecular weight is 475 g/mol. The Labute approximate surface area is 194 Å². The van der Waals surface area contributed by atoms with E-state index in [9.17, 15) is 9.59 Å². The molecule has 0 aliphatic carbocycles. The number of ether oxygens (including phenoxy) is 1. The minimum absolute atomic E-state index is 0.00729. The zero-order valence-electron chi connectivity index (χ0n) is 17.2. The van der Waals surface area contributed by atoms with E-state index in [0.29, 0.717) is 26.4 Å². The number of carbonyl (C=O) groups is 2. The second kappa shape index (κ2) is 10.1. The molecule has 8 heteroatoms. The smallest absolute Gasteiger partial charge is 0.331 e. The summed E-state index contributed by atoms with van der Waals surface area (Å²) in [5.74, 6) is -0.675. The number of halogens is 2. The number of carbonyl (C=O) groups excluding carboxylic acids is 2. The van der Waals surface area contributed by atoms with Crippen LogP contribution in [0.4, 0.5) is 10.8 Å². The summed E-state index contributed by atoms with van der Waals surface area (Å²) in [6.07, 6.45) is 2.85. The Bertz CT molecular complexity index is 1160. The summed E-state index contributed by atoms with van der Waals surface area (Å²) in [4.78, 5) is 30.4. The molecule has 5 nitrogen and oxygen atoms in total. The molecule has 0 radical (unpaired) electrons. The molecule has 0 unspecified atom stereocenters. The molecule has 160 valence electrons. The van der Waals surface area contributed by atoms with Gasteiger partial charge in [0.25, 0.3) is 0 Å². The van der Waals surface area contributed by atoms with Crippen molar-refractivity contribution in [3.05, 3.63) is 80.3 Å². The van der Waals surface area contributed by atoms with Gasteiger partial charge in [-0.05, 0) is 49.2 Å². The fourth-order valence-electron chi connectivity index (χ4n) is 2.92. The summed E-state index contributed by atoms with van der Waals surface area (Å²) in [6, 6.07) is 10.9. The van der Waals surface area contributed by atoms with Crippen molar-refractivity contribution in [1.29, 1.82) is 0 Å². The number of anilines is 2. The topological polar surface area (TPSA) is 59.5 Å². The van der Waals surface area contributed by atoms with Gasteiger partial charge in [-0.25, -0.2) is 9.78 Å². The van der Waals surface area contributed by atoms with Gasteiger partial charge >= 0.3 is 5.97 Å². The number of hydrogen-bond acceptors (Lipinski definition) is 5. The lowest BCUT2D eigenvalue weighted by Gasteiger charge is -2.20. The van der Waals surface area contributed by atoms with Crippen LogP contribution >= 0.6 is 34.5 Å². The summed E-state index contributed by atoms with van der Waals surface area (Å²) >= 11 is 13.3.